The second kappa shape index (κ2) is 6.68. The average Bonchev–Trinajstić information content (AvgIpc) is 2.42. The zero-order valence-corrected chi connectivity index (χ0v) is 12.0. The minimum atomic E-state index is -0.278. The molecule has 0 fully saturated rings. The van der Waals surface area contributed by atoms with Crippen LogP contribution >= 0.6 is 15.9 Å². The quantitative estimate of drug-likeness (QED) is 0.911. The molecule has 0 aromatic heterocycles. The molecule has 0 spiro atoms. The summed E-state index contributed by atoms with van der Waals surface area (Å²) >= 11 is 3.22. The highest BCUT2D eigenvalue weighted by atomic mass is 79.9. The molecule has 0 aliphatic rings. The van der Waals surface area contributed by atoms with Crippen molar-refractivity contribution in [1.82, 2.24) is 0 Å². The Morgan fingerprint density at radius 3 is 2.53 bits per heavy atom. The van der Waals surface area contributed by atoms with E-state index >= 15 is 0 Å². The molecule has 2 aromatic carbocycles. The molecular formula is C15H15BrFNO. The van der Waals surface area contributed by atoms with Crippen molar-refractivity contribution in [1.29, 1.82) is 0 Å². The zero-order valence-electron chi connectivity index (χ0n) is 10.4. The van der Waals surface area contributed by atoms with Gasteiger partial charge in [0.1, 0.15) is 18.2 Å². The second-order valence-electron chi connectivity index (χ2n) is 4.18. The molecule has 0 heterocycles. The first-order valence-electron chi connectivity index (χ1n) is 6.05. The molecule has 0 saturated heterocycles. The van der Waals surface area contributed by atoms with Crippen molar-refractivity contribution in [2.24, 2.45) is 5.73 Å². The lowest BCUT2D eigenvalue weighted by Crippen LogP contribution is -2.02. The number of rotatable bonds is 5. The van der Waals surface area contributed by atoms with Crippen LogP contribution in [0.15, 0.2) is 46.9 Å². The van der Waals surface area contributed by atoms with E-state index in [0.717, 1.165) is 17.7 Å². The van der Waals surface area contributed by atoms with Gasteiger partial charge in [-0.1, -0.05) is 24.3 Å². The van der Waals surface area contributed by atoms with Crippen LogP contribution in [0.25, 0.3) is 0 Å². The molecule has 100 valence electrons. The van der Waals surface area contributed by atoms with Crippen molar-refractivity contribution in [2.45, 2.75) is 13.0 Å². The first-order chi connectivity index (χ1) is 9.20. The summed E-state index contributed by atoms with van der Waals surface area (Å²) in [5.74, 6) is 0.483. The summed E-state index contributed by atoms with van der Waals surface area (Å²) in [5, 5.41) is 0. The summed E-state index contributed by atoms with van der Waals surface area (Å²) in [4.78, 5) is 0. The highest BCUT2D eigenvalue weighted by molar-refractivity contribution is 9.10. The third-order valence-electron chi connectivity index (χ3n) is 2.78. The second-order valence-corrected chi connectivity index (χ2v) is 4.98. The fraction of sp³-hybridized carbons (Fsp3) is 0.200. The van der Waals surface area contributed by atoms with Crippen LogP contribution in [0.3, 0.4) is 0 Å². The molecule has 0 bridgehead atoms. The SMILES string of the molecule is NCCc1ccc(OCc2cccc(F)c2Br)cc1. The van der Waals surface area contributed by atoms with Crippen LogP contribution in [-0.2, 0) is 13.0 Å². The molecule has 2 rings (SSSR count). The predicted octanol–water partition coefficient (Wildman–Crippen LogP) is 3.67. The summed E-state index contributed by atoms with van der Waals surface area (Å²) in [6.07, 6.45) is 0.857. The number of nitrogens with two attached hydrogens (primary N) is 1. The van der Waals surface area contributed by atoms with Gasteiger partial charge in [-0.2, -0.15) is 0 Å². The average molecular weight is 324 g/mol. The normalized spacial score (nSPS) is 10.5. The summed E-state index contributed by atoms with van der Waals surface area (Å²) in [6, 6.07) is 12.7. The maximum Gasteiger partial charge on any atom is 0.137 e. The van der Waals surface area contributed by atoms with E-state index in [2.05, 4.69) is 15.9 Å². The smallest absolute Gasteiger partial charge is 0.137 e. The van der Waals surface area contributed by atoms with Gasteiger partial charge in [0, 0.05) is 5.56 Å². The van der Waals surface area contributed by atoms with E-state index in [0.29, 0.717) is 17.6 Å². The molecule has 2 N–H and O–H groups in total. The monoisotopic (exact) mass is 323 g/mol. The largest absolute Gasteiger partial charge is 0.489 e. The topological polar surface area (TPSA) is 35.2 Å². The van der Waals surface area contributed by atoms with Crippen LogP contribution in [0.2, 0.25) is 0 Å². The number of ether oxygens (including phenoxy) is 1. The Morgan fingerprint density at radius 2 is 1.84 bits per heavy atom. The minimum absolute atomic E-state index is 0.278. The lowest BCUT2D eigenvalue weighted by atomic mass is 10.1. The third kappa shape index (κ3) is 3.78. The Morgan fingerprint density at radius 1 is 1.11 bits per heavy atom. The van der Waals surface area contributed by atoms with Gasteiger partial charge in [-0.3, -0.25) is 0 Å². The van der Waals surface area contributed by atoms with E-state index in [1.54, 1.807) is 6.07 Å². The molecule has 2 aromatic rings. The molecule has 2 nitrogen and oxygen atoms in total. The standard InChI is InChI=1S/C15H15BrFNO/c16-15-12(2-1-3-14(15)17)10-19-13-6-4-11(5-7-13)8-9-18/h1-7H,8-10,18H2. The van der Waals surface area contributed by atoms with Crippen LogP contribution in [-0.4, -0.2) is 6.54 Å². The van der Waals surface area contributed by atoms with Crippen LogP contribution < -0.4 is 10.5 Å². The third-order valence-corrected chi connectivity index (χ3v) is 3.67. The Hall–Kier alpha value is -1.39. The highest BCUT2D eigenvalue weighted by Crippen LogP contribution is 2.22. The molecule has 19 heavy (non-hydrogen) atoms. The molecule has 0 unspecified atom stereocenters. The van der Waals surface area contributed by atoms with E-state index in [1.807, 2.05) is 30.3 Å². The van der Waals surface area contributed by atoms with Gasteiger partial charge in [0.25, 0.3) is 0 Å². The van der Waals surface area contributed by atoms with Gasteiger partial charge < -0.3 is 10.5 Å². The molecular weight excluding hydrogens is 309 g/mol. The molecule has 0 aliphatic carbocycles. The van der Waals surface area contributed by atoms with Gasteiger partial charge in [0.15, 0.2) is 0 Å². The van der Waals surface area contributed by atoms with Crippen LogP contribution in [0.1, 0.15) is 11.1 Å². The van der Waals surface area contributed by atoms with E-state index in [-0.39, 0.29) is 5.82 Å². The Balaban J connectivity index is 2.00. The molecule has 0 radical (unpaired) electrons. The van der Waals surface area contributed by atoms with Crippen LogP contribution in [0.4, 0.5) is 4.39 Å². The Kier molecular flexibility index (Phi) is 4.93. The van der Waals surface area contributed by atoms with Crippen molar-refractivity contribution in [3.63, 3.8) is 0 Å². The minimum Gasteiger partial charge on any atom is -0.489 e. The van der Waals surface area contributed by atoms with Crippen LogP contribution in [0.5, 0.6) is 5.75 Å². The summed E-state index contributed by atoms with van der Waals surface area (Å²) in [6.45, 7) is 0.963. The molecule has 0 amide bonds. The van der Waals surface area contributed by atoms with E-state index in [9.17, 15) is 4.39 Å². The summed E-state index contributed by atoms with van der Waals surface area (Å²) in [7, 11) is 0. The number of halogens is 2. The van der Waals surface area contributed by atoms with E-state index in [1.165, 1.54) is 11.6 Å². The van der Waals surface area contributed by atoms with Gasteiger partial charge in [-0.05, 0) is 52.7 Å². The summed E-state index contributed by atoms with van der Waals surface area (Å²) < 4.78 is 19.4. The van der Waals surface area contributed by atoms with Crippen LogP contribution in [0, 0.1) is 5.82 Å². The van der Waals surface area contributed by atoms with Crippen molar-refractivity contribution in [2.75, 3.05) is 6.54 Å². The van der Waals surface area contributed by atoms with Gasteiger partial charge in [0.2, 0.25) is 0 Å². The molecule has 4 heteroatoms. The van der Waals surface area contributed by atoms with Gasteiger partial charge in [-0.25, -0.2) is 4.39 Å². The van der Waals surface area contributed by atoms with Gasteiger partial charge >= 0.3 is 0 Å². The first-order valence-corrected chi connectivity index (χ1v) is 6.84. The van der Waals surface area contributed by atoms with E-state index in [4.69, 9.17) is 10.5 Å². The number of benzene rings is 2. The van der Waals surface area contributed by atoms with E-state index < -0.39 is 0 Å². The highest BCUT2D eigenvalue weighted by Gasteiger charge is 2.05. The Labute approximate surface area is 120 Å². The molecule has 0 aliphatic heterocycles. The first kappa shape index (κ1) is 14.0. The van der Waals surface area contributed by atoms with Crippen molar-refractivity contribution >= 4 is 15.9 Å². The van der Waals surface area contributed by atoms with Gasteiger partial charge in [0.05, 0.1) is 4.47 Å². The molecule has 0 atom stereocenters. The maximum absolute atomic E-state index is 13.3. The number of hydrogen-bond acceptors (Lipinski definition) is 2. The lowest BCUT2D eigenvalue weighted by molar-refractivity contribution is 0.304. The lowest BCUT2D eigenvalue weighted by Gasteiger charge is -2.09. The predicted molar refractivity (Wildman–Crippen MR) is 77.6 cm³/mol. The fourth-order valence-corrected chi connectivity index (χ4v) is 2.12. The Bertz CT molecular complexity index is 542. The molecule has 0 saturated carbocycles. The van der Waals surface area contributed by atoms with Gasteiger partial charge in [-0.15, -0.1) is 0 Å². The number of hydrogen-bond donors (Lipinski definition) is 1. The van der Waals surface area contributed by atoms with Crippen molar-refractivity contribution in [3.8, 4) is 5.75 Å². The maximum atomic E-state index is 13.3. The summed E-state index contributed by atoms with van der Waals surface area (Å²) in [5.41, 5.74) is 7.46. The van der Waals surface area contributed by atoms with Crippen molar-refractivity contribution < 1.29 is 9.13 Å². The zero-order chi connectivity index (χ0) is 13.7. The van der Waals surface area contributed by atoms with Crippen molar-refractivity contribution in [3.05, 3.63) is 63.9 Å². The fourth-order valence-electron chi connectivity index (χ4n) is 1.74.